The summed E-state index contributed by atoms with van der Waals surface area (Å²) in [5.74, 6) is -0.914. The molecule has 0 saturated heterocycles. The van der Waals surface area contributed by atoms with E-state index in [1.807, 2.05) is 6.92 Å². The summed E-state index contributed by atoms with van der Waals surface area (Å²) in [4.78, 5) is 9.75. The van der Waals surface area contributed by atoms with Crippen molar-refractivity contribution in [2.24, 2.45) is 0 Å². The van der Waals surface area contributed by atoms with Gasteiger partial charge in [-0.3, -0.25) is 9.11 Å². The maximum absolute atomic E-state index is 9.75. The predicted octanol–water partition coefficient (Wildman–Crippen LogP) is -0.0980. The molecule has 0 radical (unpaired) electrons. The maximum atomic E-state index is 9.75. The first-order chi connectivity index (χ1) is 5.77. The summed E-state index contributed by atoms with van der Waals surface area (Å²) in [6, 6.07) is 0. The number of rotatable bonds is 2. The molecule has 0 aliphatic rings. The average molecular weight is 234 g/mol. The minimum absolute atomic E-state index is 0. The van der Waals surface area contributed by atoms with E-state index in [0.717, 1.165) is 6.08 Å². The van der Waals surface area contributed by atoms with Crippen LogP contribution in [0.5, 0.6) is 0 Å². The van der Waals surface area contributed by atoms with E-state index in [-0.39, 0.29) is 29.6 Å². The first-order valence-corrected chi connectivity index (χ1v) is 4.39. The first-order valence-electron chi connectivity index (χ1n) is 2.99. The van der Waals surface area contributed by atoms with E-state index in [4.69, 9.17) is 22.6 Å². The third-order valence-electron chi connectivity index (χ3n) is 0.542. The fraction of sp³-hybridized carbons (Fsp3) is 0.167. The average Bonchev–Trinajstić information content (AvgIpc) is 1.83. The molecule has 6 nitrogen and oxygen atoms in total. The summed E-state index contributed by atoms with van der Waals surface area (Å²) in [5.41, 5.74) is 0. The fourth-order valence-corrected chi connectivity index (χ4v) is 0.249. The van der Waals surface area contributed by atoms with E-state index < -0.39 is 16.4 Å². The Bertz CT molecular complexity index is 283. The van der Waals surface area contributed by atoms with E-state index in [9.17, 15) is 4.79 Å². The Morgan fingerprint density at radius 1 is 1.21 bits per heavy atom. The van der Waals surface area contributed by atoms with Gasteiger partial charge in [-0.2, -0.15) is 8.42 Å². The molecule has 3 N–H and O–H groups in total. The van der Waals surface area contributed by atoms with Crippen LogP contribution in [-0.2, 0) is 15.2 Å². The Balaban J connectivity index is -0.000000177. The normalized spacial score (nSPS) is 10.5. The Morgan fingerprint density at radius 2 is 1.57 bits per heavy atom. The van der Waals surface area contributed by atoms with Gasteiger partial charge in [-0.05, 0) is 6.92 Å². The van der Waals surface area contributed by atoms with Crippen molar-refractivity contribution in [2.45, 2.75) is 6.92 Å². The zero-order valence-corrected chi connectivity index (χ0v) is 7.60. The van der Waals surface area contributed by atoms with E-state index in [1.54, 1.807) is 12.2 Å². The van der Waals surface area contributed by atoms with Crippen molar-refractivity contribution in [3.8, 4) is 0 Å². The van der Waals surface area contributed by atoms with Crippen molar-refractivity contribution in [3.63, 3.8) is 0 Å². The summed E-state index contributed by atoms with van der Waals surface area (Å²) in [6.45, 7) is 1.83. The van der Waals surface area contributed by atoms with Crippen LogP contribution < -0.4 is 0 Å². The molecule has 0 aromatic carbocycles. The van der Waals surface area contributed by atoms with Crippen molar-refractivity contribution in [1.82, 2.24) is 0 Å². The zero-order chi connectivity index (χ0) is 10.9. The molecule has 78 valence electrons. The van der Waals surface area contributed by atoms with Crippen molar-refractivity contribution in [1.29, 1.82) is 0 Å². The number of hydrogen-bond donors (Lipinski definition) is 3. The molecular formula is C6H11NaO6S. The second-order valence-electron chi connectivity index (χ2n) is 1.67. The van der Waals surface area contributed by atoms with Crippen LogP contribution in [0.1, 0.15) is 6.92 Å². The van der Waals surface area contributed by atoms with Crippen LogP contribution in [-0.4, -0.2) is 58.2 Å². The third-order valence-corrected chi connectivity index (χ3v) is 0.542. The Kier molecular flexibility index (Phi) is 15.1. The quantitative estimate of drug-likeness (QED) is 0.266. The first kappa shape index (κ1) is 19.4. The van der Waals surface area contributed by atoms with Crippen LogP contribution in [0, 0.1) is 0 Å². The molecule has 0 aromatic rings. The molecule has 14 heavy (non-hydrogen) atoms. The van der Waals surface area contributed by atoms with E-state index in [1.165, 1.54) is 6.08 Å². The van der Waals surface area contributed by atoms with Gasteiger partial charge in [0.25, 0.3) is 0 Å². The Hall–Kier alpha value is -0.180. The van der Waals surface area contributed by atoms with Gasteiger partial charge in [-0.1, -0.05) is 18.2 Å². The van der Waals surface area contributed by atoms with E-state index >= 15 is 0 Å². The molecule has 0 heterocycles. The summed E-state index contributed by atoms with van der Waals surface area (Å²) in [7, 11) is -4.67. The summed E-state index contributed by atoms with van der Waals surface area (Å²) in [5, 5.41) is 8.02. The molecule has 0 rings (SSSR count). The van der Waals surface area contributed by atoms with Gasteiger partial charge in [0, 0.05) is 6.08 Å². The van der Waals surface area contributed by atoms with Gasteiger partial charge < -0.3 is 5.11 Å². The van der Waals surface area contributed by atoms with Crippen LogP contribution >= 0.6 is 0 Å². The Morgan fingerprint density at radius 3 is 1.79 bits per heavy atom. The molecule has 0 aliphatic carbocycles. The van der Waals surface area contributed by atoms with Gasteiger partial charge >= 0.3 is 45.9 Å². The number of allylic oxidation sites excluding steroid dienone is 3. The van der Waals surface area contributed by atoms with Gasteiger partial charge in [-0.25, -0.2) is 4.79 Å². The van der Waals surface area contributed by atoms with Crippen molar-refractivity contribution >= 4 is 45.9 Å². The molecule has 0 bridgehead atoms. The SMILES string of the molecule is C/C=C/C=C/C(=O)O.O=S(=O)(O)O.[NaH]. The van der Waals surface area contributed by atoms with Gasteiger partial charge in [0.05, 0.1) is 0 Å². The fourth-order valence-electron chi connectivity index (χ4n) is 0.249. The van der Waals surface area contributed by atoms with Gasteiger partial charge in [0.1, 0.15) is 0 Å². The number of carboxylic acids is 1. The van der Waals surface area contributed by atoms with Crippen LogP contribution in [0.2, 0.25) is 0 Å². The molecule has 0 fully saturated rings. The number of carbonyl (C=O) groups is 1. The monoisotopic (exact) mass is 234 g/mol. The topological polar surface area (TPSA) is 112 Å². The molecule has 0 saturated carbocycles. The molecular weight excluding hydrogens is 223 g/mol. The van der Waals surface area contributed by atoms with Crippen molar-refractivity contribution in [3.05, 3.63) is 24.3 Å². The second-order valence-corrected chi connectivity index (χ2v) is 2.57. The summed E-state index contributed by atoms with van der Waals surface area (Å²) < 4.78 is 31.6. The van der Waals surface area contributed by atoms with Gasteiger partial charge in [0.15, 0.2) is 0 Å². The summed E-state index contributed by atoms with van der Waals surface area (Å²) in [6.07, 6.45) is 5.98. The molecule has 0 aromatic heterocycles. The third kappa shape index (κ3) is 59.6. The molecule has 0 amide bonds. The molecule has 0 aliphatic heterocycles. The van der Waals surface area contributed by atoms with Crippen LogP contribution in [0.15, 0.2) is 24.3 Å². The van der Waals surface area contributed by atoms with Crippen LogP contribution in [0.25, 0.3) is 0 Å². The van der Waals surface area contributed by atoms with Crippen LogP contribution in [0.4, 0.5) is 0 Å². The molecule has 0 atom stereocenters. The number of carboxylic acid groups (broad SMARTS) is 1. The minimum atomic E-state index is -4.67. The predicted molar refractivity (Wildman–Crippen MR) is 52.9 cm³/mol. The van der Waals surface area contributed by atoms with E-state index in [2.05, 4.69) is 0 Å². The molecule has 0 unspecified atom stereocenters. The Labute approximate surface area is 104 Å². The van der Waals surface area contributed by atoms with Gasteiger partial charge in [0.2, 0.25) is 0 Å². The standard InChI is InChI=1S/C6H8O2.Na.H2O4S.H/c1-2-3-4-5-6(7)8;;1-5(2,3)4;/h2-5H,1H3,(H,7,8);;(H2,1,2,3,4);/b3-2+,5-4+;;;. The van der Waals surface area contributed by atoms with Crippen molar-refractivity contribution < 1.29 is 27.4 Å². The van der Waals surface area contributed by atoms with Crippen LogP contribution in [0.3, 0.4) is 0 Å². The molecule has 8 heteroatoms. The molecule has 0 spiro atoms. The number of hydrogen-bond acceptors (Lipinski definition) is 3. The number of aliphatic carboxylic acids is 1. The van der Waals surface area contributed by atoms with E-state index in [0.29, 0.717) is 0 Å². The van der Waals surface area contributed by atoms with Crippen molar-refractivity contribution in [2.75, 3.05) is 0 Å². The zero-order valence-electron chi connectivity index (χ0n) is 6.78. The van der Waals surface area contributed by atoms with Gasteiger partial charge in [-0.15, -0.1) is 0 Å². The second kappa shape index (κ2) is 10.9. The summed E-state index contributed by atoms with van der Waals surface area (Å²) >= 11 is 0.